The van der Waals surface area contributed by atoms with Crippen molar-refractivity contribution in [2.45, 2.75) is 36.2 Å². The van der Waals surface area contributed by atoms with Gasteiger partial charge in [0.1, 0.15) is 16.8 Å². The number of ether oxygens (including phenoxy) is 1. The van der Waals surface area contributed by atoms with E-state index in [9.17, 15) is 17.2 Å². The molecule has 11 heteroatoms. The quantitative estimate of drug-likeness (QED) is 0.632. The van der Waals surface area contributed by atoms with Crippen molar-refractivity contribution in [1.82, 2.24) is 14.8 Å². The van der Waals surface area contributed by atoms with Gasteiger partial charge in [-0.05, 0) is 25.3 Å². The zero-order chi connectivity index (χ0) is 20.6. The third-order valence-corrected chi connectivity index (χ3v) is 7.07. The molecule has 2 aromatic heterocycles. The van der Waals surface area contributed by atoms with Gasteiger partial charge in [-0.15, -0.1) is 11.3 Å². The molecular formula is C18H18F2N4O3S2. The first-order valence-electron chi connectivity index (χ1n) is 8.91. The van der Waals surface area contributed by atoms with E-state index in [2.05, 4.69) is 14.8 Å². The molecule has 1 aromatic carbocycles. The number of aromatic nitrogens is 3. The fourth-order valence-electron chi connectivity index (χ4n) is 3.57. The van der Waals surface area contributed by atoms with E-state index >= 15 is 0 Å². The Morgan fingerprint density at radius 1 is 1.24 bits per heavy atom. The second-order valence-corrected chi connectivity index (χ2v) is 9.27. The van der Waals surface area contributed by atoms with Crippen molar-refractivity contribution in [2.24, 2.45) is 7.05 Å². The molecule has 1 saturated carbocycles. The molecule has 0 radical (unpaired) electrons. The lowest BCUT2D eigenvalue weighted by Crippen LogP contribution is -2.23. The molecule has 0 saturated heterocycles. The maximum atomic E-state index is 14.6. The van der Waals surface area contributed by atoms with E-state index in [1.807, 2.05) is 13.1 Å². The number of hydrogen-bond donors (Lipinski definition) is 1. The van der Waals surface area contributed by atoms with E-state index < -0.39 is 26.6 Å². The predicted molar refractivity (Wildman–Crippen MR) is 103 cm³/mol. The van der Waals surface area contributed by atoms with Gasteiger partial charge in [-0.2, -0.15) is 5.10 Å². The van der Waals surface area contributed by atoms with Gasteiger partial charge in [0.2, 0.25) is 0 Å². The molecule has 1 aliphatic carbocycles. The van der Waals surface area contributed by atoms with Crippen LogP contribution in [0.25, 0.3) is 0 Å². The molecule has 7 nitrogen and oxygen atoms in total. The van der Waals surface area contributed by atoms with Crippen LogP contribution in [0, 0.1) is 11.6 Å². The maximum absolute atomic E-state index is 14.6. The minimum Gasteiger partial charge on any atom is -0.487 e. The smallest absolute Gasteiger partial charge is 0.266 e. The number of anilines is 1. The normalized spacial score (nSPS) is 19.4. The van der Waals surface area contributed by atoms with E-state index in [1.165, 1.54) is 6.20 Å². The summed E-state index contributed by atoms with van der Waals surface area (Å²) in [5.41, 5.74) is 0.959. The van der Waals surface area contributed by atoms with Gasteiger partial charge in [-0.3, -0.25) is 9.40 Å². The Hall–Kier alpha value is -2.53. The largest absolute Gasteiger partial charge is 0.487 e. The van der Waals surface area contributed by atoms with E-state index in [-0.39, 0.29) is 22.9 Å². The van der Waals surface area contributed by atoms with Crippen molar-refractivity contribution in [1.29, 1.82) is 0 Å². The van der Waals surface area contributed by atoms with Gasteiger partial charge < -0.3 is 4.74 Å². The first-order valence-corrected chi connectivity index (χ1v) is 11.3. The Morgan fingerprint density at radius 2 is 2.07 bits per heavy atom. The molecule has 1 aliphatic rings. The molecule has 0 unspecified atom stereocenters. The van der Waals surface area contributed by atoms with Gasteiger partial charge >= 0.3 is 0 Å². The fourth-order valence-corrected chi connectivity index (χ4v) is 5.43. The molecule has 0 aliphatic heterocycles. The molecule has 0 bridgehead atoms. The lowest BCUT2D eigenvalue weighted by atomic mass is 10.0. The molecule has 0 spiro atoms. The fraction of sp³-hybridized carbons (Fsp3) is 0.333. The highest BCUT2D eigenvalue weighted by atomic mass is 32.2. The summed E-state index contributed by atoms with van der Waals surface area (Å²) in [4.78, 5) is 2.99. The maximum Gasteiger partial charge on any atom is 0.266 e. The van der Waals surface area contributed by atoms with Crippen molar-refractivity contribution in [3.63, 3.8) is 0 Å². The first-order chi connectivity index (χ1) is 13.8. The number of aryl methyl sites for hydroxylation is 1. The molecular weight excluding hydrogens is 422 g/mol. The third-order valence-electron chi connectivity index (χ3n) is 4.90. The van der Waals surface area contributed by atoms with Crippen LogP contribution in [-0.2, 0) is 17.1 Å². The SMILES string of the molecule is Cn1nccc1[C@H]1CCC[C@@H]1Oc1cc(F)c(S(=O)(=O)Nc2nccs2)cc1F. The van der Waals surface area contributed by atoms with Crippen LogP contribution < -0.4 is 9.46 Å². The van der Waals surface area contributed by atoms with Gasteiger partial charge in [0, 0.05) is 48.6 Å². The summed E-state index contributed by atoms with van der Waals surface area (Å²) in [5.74, 6) is -2.35. The van der Waals surface area contributed by atoms with E-state index in [0.717, 1.165) is 35.9 Å². The van der Waals surface area contributed by atoms with Crippen molar-refractivity contribution in [2.75, 3.05) is 4.72 Å². The number of halogens is 2. The Labute approximate surface area is 170 Å². The number of thiazole rings is 1. The highest BCUT2D eigenvalue weighted by Gasteiger charge is 2.33. The Balaban J connectivity index is 1.58. The number of rotatable bonds is 6. The summed E-state index contributed by atoms with van der Waals surface area (Å²) >= 11 is 1.03. The summed E-state index contributed by atoms with van der Waals surface area (Å²) in [7, 11) is -2.50. The van der Waals surface area contributed by atoms with E-state index in [1.54, 1.807) is 16.3 Å². The third kappa shape index (κ3) is 3.97. The van der Waals surface area contributed by atoms with Gasteiger partial charge in [0.25, 0.3) is 10.0 Å². The number of nitrogens with one attached hydrogen (secondary N) is 1. The van der Waals surface area contributed by atoms with Gasteiger partial charge in [0.05, 0.1) is 0 Å². The van der Waals surface area contributed by atoms with Crippen molar-refractivity contribution in [3.8, 4) is 5.75 Å². The van der Waals surface area contributed by atoms with E-state index in [0.29, 0.717) is 12.5 Å². The highest BCUT2D eigenvalue weighted by molar-refractivity contribution is 7.93. The van der Waals surface area contributed by atoms with Crippen molar-refractivity contribution >= 4 is 26.5 Å². The molecule has 3 aromatic rings. The van der Waals surface area contributed by atoms with Gasteiger partial charge in [0.15, 0.2) is 16.7 Å². The van der Waals surface area contributed by atoms with Gasteiger partial charge in [-0.25, -0.2) is 22.2 Å². The molecule has 4 rings (SSSR count). The summed E-state index contributed by atoms with van der Waals surface area (Å²) in [5, 5.41) is 5.78. The van der Waals surface area contributed by atoms with Crippen LogP contribution in [0.2, 0.25) is 0 Å². The van der Waals surface area contributed by atoms with E-state index in [4.69, 9.17) is 4.74 Å². The van der Waals surface area contributed by atoms with Crippen LogP contribution >= 0.6 is 11.3 Å². The number of sulfonamides is 1. The highest BCUT2D eigenvalue weighted by Crippen LogP contribution is 2.38. The summed E-state index contributed by atoms with van der Waals surface area (Å²) < 4.78 is 63.6. The van der Waals surface area contributed by atoms with Crippen molar-refractivity contribution < 1.29 is 21.9 Å². The Bertz CT molecular complexity index is 1120. The zero-order valence-corrected chi connectivity index (χ0v) is 17.0. The molecule has 2 heterocycles. The molecule has 2 atom stereocenters. The topological polar surface area (TPSA) is 86.1 Å². The second kappa shape index (κ2) is 7.71. The summed E-state index contributed by atoms with van der Waals surface area (Å²) in [6, 6.07) is 3.29. The van der Waals surface area contributed by atoms with Crippen LogP contribution in [0.4, 0.5) is 13.9 Å². The summed E-state index contributed by atoms with van der Waals surface area (Å²) in [6.45, 7) is 0. The lowest BCUT2D eigenvalue weighted by Gasteiger charge is -2.22. The Kier molecular flexibility index (Phi) is 5.26. The minimum absolute atomic E-state index is 0.0000555. The minimum atomic E-state index is -4.32. The van der Waals surface area contributed by atoms with Crippen LogP contribution in [0.1, 0.15) is 30.9 Å². The molecule has 29 heavy (non-hydrogen) atoms. The standard InChI is InChI=1S/C18H18F2N4O3S2/c1-24-14(5-6-22-24)11-3-2-4-15(11)27-16-9-13(20)17(10-12(16)19)29(25,26)23-18-21-7-8-28-18/h5-11,15H,2-4H2,1H3,(H,21,23)/t11-,15+/m1/s1. The van der Waals surface area contributed by atoms with Crippen LogP contribution in [-0.4, -0.2) is 29.3 Å². The second-order valence-electron chi connectivity index (χ2n) is 6.73. The zero-order valence-electron chi connectivity index (χ0n) is 15.4. The van der Waals surface area contributed by atoms with Crippen molar-refractivity contribution in [3.05, 3.63) is 53.3 Å². The monoisotopic (exact) mass is 440 g/mol. The molecule has 1 N–H and O–H groups in total. The lowest BCUT2D eigenvalue weighted by molar-refractivity contribution is 0.178. The molecule has 154 valence electrons. The first kappa shape index (κ1) is 19.8. The Morgan fingerprint density at radius 3 is 2.76 bits per heavy atom. The number of nitrogens with zero attached hydrogens (tertiary/aromatic N) is 3. The van der Waals surface area contributed by atoms with Gasteiger partial charge in [-0.1, -0.05) is 0 Å². The predicted octanol–water partition coefficient (Wildman–Crippen LogP) is 3.67. The molecule has 1 fully saturated rings. The summed E-state index contributed by atoms with van der Waals surface area (Å²) in [6.07, 6.45) is 5.14. The number of benzene rings is 1. The average molecular weight is 440 g/mol. The van der Waals surface area contributed by atoms with Crippen LogP contribution in [0.3, 0.4) is 0 Å². The molecule has 0 amide bonds. The van der Waals surface area contributed by atoms with Crippen LogP contribution in [0.5, 0.6) is 5.75 Å². The average Bonchev–Trinajstić information content (AvgIpc) is 3.40. The number of hydrogen-bond acceptors (Lipinski definition) is 6. The van der Waals surface area contributed by atoms with Crippen LogP contribution in [0.15, 0.2) is 40.9 Å².